The Kier molecular flexibility index (Phi) is 5.94. The molecule has 1 N–H and O–H groups in total. The van der Waals surface area contributed by atoms with Crippen molar-refractivity contribution in [3.63, 3.8) is 0 Å². The van der Waals surface area contributed by atoms with Gasteiger partial charge in [-0.1, -0.05) is 12.1 Å². The maximum absolute atomic E-state index is 13.3. The number of hydrogen-bond acceptors (Lipinski definition) is 3. The molecule has 17 heavy (non-hydrogen) atoms. The summed E-state index contributed by atoms with van der Waals surface area (Å²) in [6.07, 6.45) is 3.71. The van der Waals surface area contributed by atoms with Crippen molar-refractivity contribution in [1.82, 2.24) is 4.72 Å². The van der Waals surface area contributed by atoms with Crippen LogP contribution < -0.4 is 4.72 Å². The molecule has 6 heteroatoms. The van der Waals surface area contributed by atoms with Gasteiger partial charge < -0.3 is 0 Å². The second kappa shape index (κ2) is 6.98. The summed E-state index contributed by atoms with van der Waals surface area (Å²) in [7, 11) is -3.71. The molecule has 1 rings (SSSR count). The van der Waals surface area contributed by atoms with Crippen molar-refractivity contribution in [2.75, 3.05) is 18.6 Å². The summed E-state index contributed by atoms with van der Waals surface area (Å²) in [4.78, 5) is -0.287. The molecule has 0 saturated carbocycles. The number of sulfonamides is 1. The standard InChI is InChI=1S/C11H16FNO2S2/c1-16-9-5-4-8-13-17(14,15)11-7-3-2-6-10(11)12/h2-3,6-7,13H,4-5,8-9H2,1H3. The Morgan fingerprint density at radius 1 is 1.29 bits per heavy atom. The SMILES string of the molecule is CSCCCCNS(=O)(=O)c1ccccc1F. The third-order valence-corrected chi connectivity index (χ3v) is 4.38. The molecule has 0 saturated heterocycles. The summed E-state index contributed by atoms with van der Waals surface area (Å²) in [5, 5.41) is 0. The largest absolute Gasteiger partial charge is 0.243 e. The summed E-state index contributed by atoms with van der Waals surface area (Å²) in [6, 6.07) is 5.38. The molecule has 0 radical (unpaired) electrons. The van der Waals surface area contributed by atoms with Crippen LogP contribution in [-0.2, 0) is 10.0 Å². The normalized spacial score (nSPS) is 11.6. The first-order valence-electron chi connectivity index (χ1n) is 5.31. The molecular weight excluding hydrogens is 261 g/mol. The molecule has 0 atom stereocenters. The van der Waals surface area contributed by atoms with Crippen LogP contribution in [0.1, 0.15) is 12.8 Å². The van der Waals surface area contributed by atoms with Crippen LogP contribution in [0.25, 0.3) is 0 Å². The summed E-state index contributed by atoms with van der Waals surface area (Å²) >= 11 is 1.72. The van der Waals surface area contributed by atoms with Gasteiger partial charge in [0.15, 0.2) is 0 Å². The number of nitrogens with one attached hydrogen (secondary N) is 1. The van der Waals surface area contributed by atoms with Gasteiger partial charge in [-0.05, 0) is 37.0 Å². The van der Waals surface area contributed by atoms with E-state index in [1.165, 1.54) is 18.2 Å². The molecule has 0 amide bonds. The van der Waals surface area contributed by atoms with E-state index in [4.69, 9.17) is 0 Å². The summed E-state index contributed by atoms with van der Waals surface area (Å²) in [5.41, 5.74) is 0. The first-order chi connectivity index (χ1) is 8.08. The minimum absolute atomic E-state index is 0.287. The average molecular weight is 277 g/mol. The highest BCUT2D eigenvalue weighted by Crippen LogP contribution is 2.13. The molecule has 96 valence electrons. The summed E-state index contributed by atoms with van der Waals surface area (Å²) in [5.74, 6) is 0.283. The molecule has 0 aliphatic heterocycles. The molecule has 0 aromatic heterocycles. The van der Waals surface area contributed by atoms with Crippen molar-refractivity contribution in [2.45, 2.75) is 17.7 Å². The lowest BCUT2D eigenvalue weighted by atomic mass is 10.3. The lowest BCUT2D eigenvalue weighted by Gasteiger charge is -2.07. The maximum atomic E-state index is 13.3. The minimum atomic E-state index is -3.71. The van der Waals surface area contributed by atoms with Gasteiger partial charge in [0.25, 0.3) is 0 Å². The van der Waals surface area contributed by atoms with E-state index >= 15 is 0 Å². The molecule has 0 heterocycles. The van der Waals surface area contributed by atoms with E-state index in [1.54, 1.807) is 11.8 Å². The van der Waals surface area contributed by atoms with Gasteiger partial charge in [0.2, 0.25) is 10.0 Å². The van der Waals surface area contributed by atoms with Gasteiger partial charge in [0.05, 0.1) is 0 Å². The number of halogens is 1. The van der Waals surface area contributed by atoms with Crippen molar-refractivity contribution in [2.24, 2.45) is 0 Å². The van der Waals surface area contributed by atoms with Crippen LogP contribution in [0.15, 0.2) is 29.2 Å². The molecule has 0 aliphatic carbocycles. The van der Waals surface area contributed by atoms with Gasteiger partial charge in [-0.2, -0.15) is 11.8 Å². The Hall–Kier alpha value is -0.590. The van der Waals surface area contributed by atoms with Crippen molar-refractivity contribution >= 4 is 21.8 Å². The Morgan fingerprint density at radius 2 is 2.00 bits per heavy atom. The predicted molar refractivity (Wildman–Crippen MR) is 69.2 cm³/mol. The highest BCUT2D eigenvalue weighted by molar-refractivity contribution is 7.98. The van der Waals surface area contributed by atoms with Crippen molar-refractivity contribution < 1.29 is 12.8 Å². The van der Waals surface area contributed by atoms with Crippen molar-refractivity contribution in [1.29, 1.82) is 0 Å². The second-order valence-corrected chi connectivity index (χ2v) is 6.25. The zero-order valence-corrected chi connectivity index (χ0v) is 11.3. The van der Waals surface area contributed by atoms with Gasteiger partial charge in [-0.25, -0.2) is 17.5 Å². The fraction of sp³-hybridized carbons (Fsp3) is 0.455. The van der Waals surface area contributed by atoms with Crippen LogP contribution >= 0.6 is 11.8 Å². The number of benzene rings is 1. The molecule has 1 aromatic carbocycles. The highest BCUT2D eigenvalue weighted by atomic mass is 32.2. The highest BCUT2D eigenvalue weighted by Gasteiger charge is 2.17. The van der Waals surface area contributed by atoms with Gasteiger partial charge >= 0.3 is 0 Å². The lowest BCUT2D eigenvalue weighted by Crippen LogP contribution is -2.25. The van der Waals surface area contributed by atoms with Crippen LogP contribution in [0.5, 0.6) is 0 Å². The number of rotatable bonds is 7. The smallest absolute Gasteiger partial charge is 0.211 e. The minimum Gasteiger partial charge on any atom is -0.211 e. The maximum Gasteiger partial charge on any atom is 0.243 e. The number of hydrogen-bond donors (Lipinski definition) is 1. The Bertz CT molecular complexity index is 449. The van der Waals surface area contributed by atoms with E-state index in [9.17, 15) is 12.8 Å². The fourth-order valence-electron chi connectivity index (χ4n) is 1.32. The third kappa shape index (κ3) is 4.65. The van der Waals surface area contributed by atoms with Gasteiger partial charge in [0.1, 0.15) is 10.7 Å². The van der Waals surface area contributed by atoms with E-state index in [2.05, 4.69) is 4.72 Å². The average Bonchev–Trinajstić information content (AvgIpc) is 2.29. The van der Waals surface area contributed by atoms with Crippen LogP contribution in [0.2, 0.25) is 0 Å². The molecule has 1 aromatic rings. The molecule has 0 fully saturated rings. The van der Waals surface area contributed by atoms with Gasteiger partial charge in [-0.3, -0.25) is 0 Å². The van der Waals surface area contributed by atoms with Gasteiger partial charge in [0, 0.05) is 6.54 Å². The lowest BCUT2D eigenvalue weighted by molar-refractivity contribution is 0.555. The first kappa shape index (κ1) is 14.5. The van der Waals surface area contributed by atoms with Crippen molar-refractivity contribution in [3.05, 3.63) is 30.1 Å². The Labute approximate surface area is 106 Å². The summed E-state index contributed by atoms with van der Waals surface area (Å²) < 4.78 is 39.1. The van der Waals surface area contributed by atoms with E-state index in [-0.39, 0.29) is 4.90 Å². The fourth-order valence-corrected chi connectivity index (χ4v) is 2.96. The Balaban J connectivity index is 2.55. The molecular formula is C11H16FNO2S2. The van der Waals surface area contributed by atoms with Crippen LogP contribution in [0.3, 0.4) is 0 Å². The van der Waals surface area contributed by atoms with E-state index in [0.29, 0.717) is 6.54 Å². The quantitative estimate of drug-likeness (QED) is 0.778. The first-order valence-corrected chi connectivity index (χ1v) is 8.19. The van der Waals surface area contributed by atoms with Crippen LogP contribution in [0, 0.1) is 5.82 Å². The predicted octanol–water partition coefficient (Wildman–Crippen LogP) is 2.25. The third-order valence-electron chi connectivity index (χ3n) is 2.19. The molecule has 0 aliphatic rings. The Morgan fingerprint density at radius 3 is 2.65 bits per heavy atom. The van der Waals surface area contributed by atoms with Crippen LogP contribution in [0.4, 0.5) is 4.39 Å². The molecule has 0 bridgehead atoms. The van der Waals surface area contributed by atoms with Crippen molar-refractivity contribution in [3.8, 4) is 0 Å². The van der Waals surface area contributed by atoms with E-state index in [1.807, 2.05) is 6.26 Å². The molecule has 3 nitrogen and oxygen atoms in total. The number of thioether (sulfide) groups is 1. The topological polar surface area (TPSA) is 46.2 Å². The van der Waals surface area contributed by atoms with E-state index < -0.39 is 15.8 Å². The summed E-state index contributed by atoms with van der Waals surface area (Å²) in [6.45, 7) is 0.344. The zero-order valence-electron chi connectivity index (χ0n) is 9.65. The monoisotopic (exact) mass is 277 g/mol. The second-order valence-electron chi connectivity index (χ2n) is 3.53. The zero-order chi connectivity index (χ0) is 12.7. The molecule has 0 spiro atoms. The number of unbranched alkanes of at least 4 members (excludes halogenated alkanes) is 1. The van der Waals surface area contributed by atoms with Crippen LogP contribution in [-0.4, -0.2) is 27.0 Å². The molecule has 0 unspecified atom stereocenters. The van der Waals surface area contributed by atoms with Gasteiger partial charge in [-0.15, -0.1) is 0 Å². The van der Waals surface area contributed by atoms with E-state index in [0.717, 1.165) is 24.7 Å².